The highest BCUT2D eigenvalue weighted by atomic mass is 16.5. The lowest BCUT2D eigenvalue weighted by molar-refractivity contribution is 0.337. The molecule has 7 nitrogen and oxygen atoms in total. The fraction of sp³-hybridized carbons (Fsp3) is 0.421. The van der Waals surface area contributed by atoms with Gasteiger partial charge in [0.05, 0.1) is 6.61 Å². The van der Waals surface area contributed by atoms with E-state index in [1.165, 1.54) is 0 Å². The van der Waals surface area contributed by atoms with Gasteiger partial charge in [-0.05, 0) is 25.8 Å². The van der Waals surface area contributed by atoms with Crippen LogP contribution in [0, 0.1) is 11.3 Å². The molecule has 0 aliphatic carbocycles. The quantitative estimate of drug-likeness (QED) is 0.847. The Bertz CT molecular complexity index is 820. The maximum Gasteiger partial charge on any atom is 0.271 e. The zero-order valence-electron chi connectivity index (χ0n) is 15.2. The lowest BCUT2D eigenvalue weighted by atomic mass is 10.1. The summed E-state index contributed by atoms with van der Waals surface area (Å²) < 4.78 is 5.63. The molecule has 1 fully saturated rings. The molecule has 0 saturated carbocycles. The molecule has 1 aromatic heterocycles. The van der Waals surface area contributed by atoms with E-state index in [-0.39, 0.29) is 11.1 Å². The summed E-state index contributed by atoms with van der Waals surface area (Å²) in [5, 5.41) is 16.3. The summed E-state index contributed by atoms with van der Waals surface area (Å²) in [5.41, 5.74) is 0.677. The van der Waals surface area contributed by atoms with E-state index >= 15 is 0 Å². The van der Waals surface area contributed by atoms with Crippen molar-refractivity contribution in [2.75, 3.05) is 31.7 Å². The summed E-state index contributed by atoms with van der Waals surface area (Å²) in [7, 11) is 1.00. The Labute approximate surface area is 152 Å². The highest BCUT2D eigenvalue weighted by Crippen LogP contribution is 2.23. The number of aromatic amines is 1. The molecule has 2 N–H and O–H groups in total. The van der Waals surface area contributed by atoms with Crippen LogP contribution in [0.25, 0.3) is 0 Å². The number of anilines is 1. The molecule has 3 rings (SSSR count). The first-order valence-corrected chi connectivity index (χ1v) is 8.66. The van der Waals surface area contributed by atoms with Crippen LogP contribution in [0.3, 0.4) is 0 Å². The van der Waals surface area contributed by atoms with E-state index in [4.69, 9.17) is 9.84 Å². The Kier molecular flexibility index (Phi) is 7.18. The van der Waals surface area contributed by atoms with Gasteiger partial charge in [0.1, 0.15) is 17.6 Å². The minimum atomic E-state index is -0.377. The molecule has 0 amide bonds. The summed E-state index contributed by atoms with van der Waals surface area (Å²) in [6, 6.07) is 9.70. The number of aliphatic hydroxyl groups is 1. The topological polar surface area (TPSA) is 102 Å². The molecule has 2 heterocycles. The minimum absolute atomic E-state index is 0.0961. The van der Waals surface area contributed by atoms with Crippen LogP contribution < -0.4 is 15.2 Å². The van der Waals surface area contributed by atoms with Crippen LogP contribution in [0.2, 0.25) is 0 Å². The Morgan fingerprint density at radius 1 is 1.31 bits per heavy atom. The molecule has 0 unspecified atom stereocenters. The van der Waals surface area contributed by atoms with E-state index < -0.39 is 0 Å². The predicted octanol–water partition coefficient (Wildman–Crippen LogP) is 1.84. The summed E-state index contributed by atoms with van der Waals surface area (Å²) in [6.45, 7) is 4.18. The molecular weight excluding hydrogens is 332 g/mol. The number of H-pyrrole nitrogens is 1. The Hall–Kier alpha value is -2.85. The Morgan fingerprint density at radius 2 is 2.00 bits per heavy atom. The van der Waals surface area contributed by atoms with Crippen molar-refractivity contribution >= 4 is 5.82 Å². The van der Waals surface area contributed by atoms with Crippen LogP contribution >= 0.6 is 0 Å². The third kappa shape index (κ3) is 4.41. The maximum absolute atomic E-state index is 12.3. The van der Waals surface area contributed by atoms with Crippen molar-refractivity contribution in [3.8, 4) is 11.8 Å². The van der Waals surface area contributed by atoms with Crippen LogP contribution in [0.1, 0.15) is 36.7 Å². The number of hydrogen-bond acceptors (Lipinski definition) is 6. The smallest absolute Gasteiger partial charge is 0.271 e. The van der Waals surface area contributed by atoms with Gasteiger partial charge in [0.15, 0.2) is 11.4 Å². The number of benzene rings is 1. The van der Waals surface area contributed by atoms with Gasteiger partial charge in [-0.2, -0.15) is 5.26 Å². The lowest BCUT2D eigenvalue weighted by Gasteiger charge is -2.18. The average Bonchev–Trinajstić information content (AvgIpc) is 3.19. The predicted molar refractivity (Wildman–Crippen MR) is 99.6 cm³/mol. The van der Waals surface area contributed by atoms with Crippen molar-refractivity contribution in [1.29, 1.82) is 5.26 Å². The van der Waals surface area contributed by atoms with Gasteiger partial charge in [-0.1, -0.05) is 18.2 Å². The van der Waals surface area contributed by atoms with E-state index in [1.54, 1.807) is 0 Å². The zero-order chi connectivity index (χ0) is 18.9. The van der Waals surface area contributed by atoms with Gasteiger partial charge in [-0.25, -0.2) is 4.98 Å². The number of nitriles is 1. The SMILES string of the molecule is CCOc1ccccc1Cc1nc(N2CCCC2)c(C#N)c(=O)[nH]1.CO. The third-order valence-electron chi connectivity index (χ3n) is 4.10. The fourth-order valence-corrected chi connectivity index (χ4v) is 2.98. The third-order valence-corrected chi connectivity index (χ3v) is 4.10. The minimum Gasteiger partial charge on any atom is -0.494 e. The number of ether oxygens (including phenoxy) is 1. The summed E-state index contributed by atoms with van der Waals surface area (Å²) in [4.78, 5) is 21.6. The van der Waals surface area contributed by atoms with E-state index in [0.717, 1.165) is 44.4 Å². The number of nitrogens with one attached hydrogen (secondary N) is 1. The van der Waals surface area contributed by atoms with Crippen molar-refractivity contribution in [1.82, 2.24) is 9.97 Å². The zero-order valence-corrected chi connectivity index (χ0v) is 15.2. The van der Waals surface area contributed by atoms with Gasteiger partial charge in [0.2, 0.25) is 0 Å². The molecule has 2 aromatic rings. The second kappa shape index (κ2) is 9.59. The van der Waals surface area contributed by atoms with Gasteiger partial charge in [0.25, 0.3) is 5.56 Å². The molecule has 0 atom stereocenters. The van der Waals surface area contributed by atoms with Crippen molar-refractivity contribution < 1.29 is 9.84 Å². The molecule has 0 radical (unpaired) electrons. The van der Waals surface area contributed by atoms with Crippen LogP contribution in [0.15, 0.2) is 29.1 Å². The van der Waals surface area contributed by atoms with E-state index in [2.05, 4.69) is 9.97 Å². The van der Waals surface area contributed by atoms with Crippen LogP contribution in [-0.4, -0.2) is 41.9 Å². The Balaban J connectivity index is 0.00000117. The number of para-hydroxylation sites is 1. The molecule has 1 aliphatic rings. The largest absolute Gasteiger partial charge is 0.494 e. The number of hydrogen-bond donors (Lipinski definition) is 2. The van der Waals surface area contributed by atoms with Gasteiger partial charge < -0.3 is 19.7 Å². The van der Waals surface area contributed by atoms with Crippen LogP contribution in [-0.2, 0) is 6.42 Å². The molecule has 138 valence electrons. The van der Waals surface area contributed by atoms with Crippen molar-refractivity contribution in [3.63, 3.8) is 0 Å². The van der Waals surface area contributed by atoms with Crippen molar-refractivity contribution in [2.24, 2.45) is 0 Å². The highest BCUT2D eigenvalue weighted by Gasteiger charge is 2.21. The first kappa shape index (κ1) is 19.5. The standard InChI is InChI=1S/C18H20N4O2.CH4O/c1-2-24-15-8-4-3-7-13(15)11-16-20-17(22-9-5-6-10-22)14(12-19)18(23)21-16;1-2/h3-4,7-8H,2,5-6,9-11H2,1H3,(H,20,21,23);2H,1H3. The molecule has 1 aromatic carbocycles. The number of rotatable bonds is 5. The molecule has 0 spiro atoms. The van der Waals surface area contributed by atoms with Gasteiger partial charge in [-0.15, -0.1) is 0 Å². The molecule has 1 saturated heterocycles. The fourth-order valence-electron chi connectivity index (χ4n) is 2.98. The van der Waals surface area contributed by atoms with E-state index in [9.17, 15) is 10.1 Å². The molecule has 7 heteroatoms. The number of nitrogens with zero attached hydrogens (tertiary/aromatic N) is 3. The molecular formula is C19H24N4O3. The lowest BCUT2D eigenvalue weighted by Crippen LogP contribution is -2.26. The number of aromatic nitrogens is 2. The summed E-state index contributed by atoms with van der Waals surface area (Å²) in [6.07, 6.45) is 2.57. The monoisotopic (exact) mass is 356 g/mol. The molecule has 1 aliphatic heterocycles. The van der Waals surface area contributed by atoms with Gasteiger partial charge >= 0.3 is 0 Å². The average molecular weight is 356 g/mol. The van der Waals surface area contributed by atoms with Crippen LogP contribution in [0.5, 0.6) is 5.75 Å². The second-order valence-electron chi connectivity index (χ2n) is 5.73. The molecule has 26 heavy (non-hydrogen) atoms. The first-order chi connectivity index (χ1) is 12.7. The van der Waals surface area contributed by atoms with E-state index in [1.807, 2.05) is 42.2 Å². The van der Waals surface area contributed by atoms with Crippen molar-refractivity contribution in [3.05, 3.63) is 51.6 Å². The number of aliphatic hydroxyl groups excluding tert-OH is 1. The first-order valence-electron chi connectivity index (χ1n) is 8.66. The normalized spacial score (nSPS) is 12.9. The summed E-state index contributed by atoms with van der Waals surface area (Å²) in [5.74, 6) is 1.84. The Morgan fingerprint density at radius 3 is 2.65 bits per heavy atom. The van der Waals surface area contributed by atoms with Gasteiger partial charge in [-0.3, -0.25) is 4.79 Å². The highest BCUT2D eigenvalue weighted by molar-refractivity contribution is 5.53. The van der Waals surface area contributed by atoms with E-state index in [0.29, 0.717) is 24.7 Å². The van der Waals surface area contributed by atoms with Gasteiger partial charge in [0, 0.05) is 32.2 Å². The van der Waals surface area contributed by atoms with Crippen molar-refractivity contribution in [2.45, 2.75) is 26.2 Å². The summed E-state index contributed by atoms with van der Waals surface area (Å²) >= 11 is 0. The molecule has 0 bridgehead atoms. The van der Waals surface area contributed by atoms with Crippen LogP contribution in [0.4, 0.5) is 5.82 Å². The second-order valence-corrected chi connectivity index (χ2v) is 5.73. The maximum atomic E-state index is 12.3.